The molecule has 2 unspecified atom stereocenters. The zero-order chi connectivity index (χ0) is 12.3. The molecule has 0 fully saturated rings. The second kappa shape index (κ2) is 5.73. The first kappa shape index (κ1) is 13.6. The van der Waals surface area contributed by atoms with Crippen LogP contribution in [0.5, 0.6) is 0 Å². The molecule has 0 saturated carbocycles. The average molecular weight is 293 g/mol. The molecule has 1 N–H and O–H groups in total. The fourth-order valence-electron chi connectivity index (χ4n) is 1.69. The van der Waals surface area contributed by atoms with Crippen LogP contribution < -0.4 is 0 Å². The van der Waals surface area contributed by atoms with Gasteiger partial charge in [0.1, 0.15) is 0 Å². The number of hydrogen-bond donors (Lipinski definition) is 1. The van der Waals surface area contributed by atoms with E-state index in [1.54, 1.807) is 0 Å². The largest absolute Gasteiger partial charge is 0.388 e. The molecule has 0 heterocycles. The van der Waals surface area contributed by atoms with E-state index in [-0.39, 0.29) is 10.4 Å². The van der Waals surface area contributed by atoms with Crippen molar-refractivity contribution in [1.29, 1.82) is 0 Å². The van der Waals surface area contributed by atoms with Gasteiger partial charge >= 0.3 is 0 Å². The van der Waals surface area contributed by atoms with Gasteiger partial charge in [-0.15, -0.1) is 0 Å². The Morgan fingerprint density at radius 1 is 1.38 bits per heavy atom. The third-order valence-corrected chi connectivity index (χ3v) is 3.47. The van der Waals surface area contributed by atoms with E-state index in [2.05, 4.69) is 15.9 Å². The third-order valence-electron chi connectivity index (χ3n) is 2.67. The summed E-state index contributed by atoms with van der Waals surface area (Å²) in [5, 5.41) is 10.00. The Morgan fingerprint density at radius 3 is 2.56 bits per heavy atom. The van der Waals surface area contributed by atoms with Gasteiger partial charge in [0.15, 0.2) is 11.6 Å². The minimum atomic E-state index is -0.944. The summed E-state index contributed by atoms with van der Waals surface area (Å²) in [6, 6.07) is 2.45. The maximum absolute atomic E-state index is 13.3. The second-order valence-electron chi connectivity index (χ2n) is 3.98. The van der Waals surface area contributed by atoms with Crippen molar-refractivity contribution in [3.63, 3.8) is 0 Å². The highest BCUT2D eigenvalue weighted by molar-refractivity contribution is 9.10. The van der Waals surface area contributed by atoms with Crippen LogP contribution in [0, 0.1) is 17.6 Å². The average Bonchev–Trinajstić information content (AvgIpc) is 2.26. The van der Waals surface area contributed by atoms with E-state index in [0.29, 0.717) is 5.56 Å². The minimum absolute atomic E-state index is 0.0166. The van der Waals surface area contributed by atoms with Gasteiger partial charge in [-0.05, 0) is 39.9 Å². The Hall–Kier alpha value is -0.480. The highest BCUT2D eigenvalue weighted by Gasteiger charge is 2.21. The molecule has 0 aliphatic rings. The van der Waals surface area contributed by atoms with Crippen LogP contribution in [0.4, 0.5) is 8.78 Å². The van der Waals surface area contributed by atoms with Crippen LogP contribution >= 0.6 is 15.9 Å². The van der Waals surface area contributed by atoms with Crippen LogP contribution in [0.1, 0.15) is 38.4 Å². The number of aliphatic hydroxyl groups excluding tert-OH is 1. The van der Waals surface area contributed by atoms with Crippen LogP contribution in [0.3, 0.4) is 0 Å². The molecule has 0 spiro atoms. The van der Waals surface area contributed by atoms with E-state index in [9.17, 15) is 13.9 Å². The summed E-state index contributed by atoms with van der Waals surface area (Å²) in [5.41, 5.74) is 0.403. The second-order valence-corrected chi connectivity index (χ2v) is 4.77. The first-order chi connectivity index (χ1) is 7.49. The lowest BCUT2D eigenvalue weighted by Crippen LogP contribution is -2.10. The molecule has 0 aliphatic carbocycles. The van der Waals surface area contributed by atoms with Gasteiger partial charge in [-0.1, -0.05) is 26.3 Å². The van der Waals surface area contributed by atoms with Crippen molar-refractivity contribution in [3.05, 3.63) is 33.8 Å². The van der Waals surface area contributed by atoms with E-state index >= 15 is 0 Å². The van der Waals surface area contributed by atoms with Crippen LogP contribution in [0.2, 0.25) is 0 Å². The van der Waals surface area contributed by atoms with Gasteiger partial charge in [-0.2, -0.15) is 0 Å². The Kier molecular flexibility index (Phi) is 4.87. The van der Waals surface area contributed by atoms with Crippen molar-refractivity contribution in [2.24, 2.45) is 5.92 Å². The number of hydrogen-bond acceptors (Lipinski definition) is 1. The topological polar surface area (TPSA) is 20.2 Å². The molecule has 0 bridgehead atoms. The van der Waals surface area contributed by atoms with Gasteiger partial charge in [0.05, 0.1) is 10.6 Å². The van der Waals surface area contributed by atoms with E-state index in [4.69, 9.17) is 0 Å². The molecule has 1 aromatic carbocycles. The van der Waals surface area contributed by atoms with Gasteiger partial charge < -0.3 is 5.11 Å². The van der Waals surface area contributed by atoms with Crippen LogP contribution in [-0.4, -0.2) is 5.11 Å². The predicted octanol–water partition coefficient (Wildman–Crippen LogP) is 4.20. The van der Waals surface area contributed by atoms with E-state index in [0.717, 1.165) is 18.9 Å². The molecule has 0 aromatic heterocycles. The molecular weight excluding hydrogens is 278 g/mol. The quantitative estimate of drug-likeness (QED) is 0.825. The molecule has 0 saturated heterocycles. The van der Waals surface area contributed by atoms with Gasteiger partial charge in [0, 0.05) is 0 Å². The van der Waals surface area contributed by atoms with Crippen LogP contribution in [-0.2, 0) is 0 Å². The van der Waals surface area contributed by atoms with Crippen molar-refractivity contribution in [1.82, 2.24) is 0 Å². The molecule has 1 nitrogen and oxygen atoms in total. The zero-order valence-corrected chi connectivity index (χ0v) is 10.9. The summed E-state index contributed by atoms with van der Waals surface area (Å²) in [4.78, 5) is 0. The van der Waals surface area contributed by atoms with Crippen LogP contribution in [0.15, 0.2) is 16.6 Å². The van der Waals surface area contributed by atoms with Gasteiger partial charge in [0.2, 0.25) is 0 Å². The first-order valence-corrected chi connectivity index (χ1v) is 6.09. The summed E-state index contributed by atoms with van der Waals surface area (Å²) in [7, 11) is 0. The van der Waals surface area contributed by atoms with Crippen molar-refractivity contribution in [2.45, 2.75) is 32.8 Å². The molecule has 0 aliphatic heterocycles. The van der Waals surface area contributed by atoms with E-state index in [1.165, 1.54) is 6.07 Å². The Labute approximate surface area is 103 Å². The number of rotatable bonds is 4. The van der Waals surface area contributed by atoms with Gasteiger partial charge in [0.25, 0.3) is 0 Å². The lowest BCUT2D eigenvalue weighted by atomic mass is 9.93. The van der Waals surface area contributed by atoms with E-state index in [1.807, 2.05) is 13.8 Å². The zero-order valence-electron chi connectivity index (χ0n) is 9.30. The molecule has 0 amide bonds. The van der Waals surface area contributed by atoms with Crippen molar-refractivity contribution in [2.75, 3.05) is 0 Å². The van der Waals surface area contributed by atoms with Crippen molar-refractivity contribution >= 4 is 15.9 Å². The highest BCUT2D eigenvalue weighted by Crippen LogP contribution is 2.33. The molecule has 16 heavy (non-hydrogen) atoms. The summed E-state index contributed by atoms with van der Waals surface area (Å²) < 4.78 is 26.2. The standard InChI is InChI=1S/C12H15BrF2O/c1-3-4-7(2)12(16)8-5-6-9(14)11(15)10(8)13/h5-7,12,16H,3-4H2,1-2H3. The van der Waals surface area contributed by atoms with Crippen molar-refractivity contribution < 1.29 is 13.9 Å². The SMILES string of the molecule is CCCC(C)C(O)c1ccc(F)c(F)c1Br. The predicted molar refractivity (Wildman–Crippen MR) is 63.1 cm³/mol. The summed E-state index contributed by atoms with van der Waals surface area (Å²) >= 11 is 2.98. The van der Waals surface area contributed by atoms with Gasteiger partial charge in [-0.25, -0.2) is 8.78 Å². The Bertz CT molecular complexity index is 368. The lowest BCUT2D eigenvalue weighted by molar-refractivity contribution is 0.111. The molecule has 1 rings (SSSR count). The van der Waals surface area contributed by atoms with Crippen LogP contribution in [0.25, 0.3) is 0 Å². The number of aliphatic hydroxyl groups is 1. The minimum Gasteiger partial charge on any atom is -0.388 e. The maximum atomic E-state index is 13.3. The maximum Gasteiger partial charge on any atom is 0.173 e. The monoisotopic (exact) mass is 292 g/mol. The fraction of sp³-hybridized carbons (Fsp3) is 0.500. The highest BCUT2D eigenvalue weighted by atomic mass is 79.9. The lowest BCUT2D eigenvalue weighted by Gasteiger charge is -2.20. The molecule has 1 aromatic rings. The Balaban J connectivity index is 3.00. The molecule has 2 atom stereocenters. The number of benzene rings is 1. The summed E-state index contributed by atoms with van der Waals surface area (Å²) in [6.07, 6.45) is 1.01. The van der Waals surface area contributed by atoms with E-state index < -0.39 is 17.7 Å². The molecule has 0 radical (unpaired) electrons. The summed E-state index contributed by atoms with van der Waals surface area (Å²) in [5.74, 6) is -1.84. The Morgan fingerprint density at radius 2 is 2.00 bits per heavy atom. The summed E-state index contributed by atoms with van der Waals surface area (Å²) in [6.45, 7) is 3.91. The number of halogens is 3. The fourth-order valence-corrected chi connectivity index (χ4v) is 2.25. The molecule has 4 heteroatoms. The third kappa shape index (κ3) is 2.80. The molecule has 90 valence electrons. The first-order valence-electron chi connectivity index (χ1n) is 5.30. The normalized spacial score (nSPS) is 14.9. The van der Waals surface area contributed by atoms with Crippen molar-refractivity contribution in [3.8, 4) is 0 Å². The molecular formula is C12H15BrF2O. The van der Waals surface area contributed by atoms with Gasteiger partial charge in [-0.3, -0.25) is 0 Å². The smallest absolute Gasteiger partial charge is 0.173 e.